The van der Waals surface area contributed by atoms with Crippen LogP contribution in [0.2, 0.25) is 0 Å². The molecule has 0 saturated carbocycles. The molecule has 4 aromatic rings. The molecule has 1 amide bonds. The van der Waals surface area contributed by atoms with Crippen molar-refractivity contribution in [1.29, 1.82) is 0 Å². The number of pyridine rings is 1. The molecule has 0 aliphatic carbocycles. The van der Waals surface area contributed by atoms with Crippen LogP contribution >= 0.6 is 11.3 Å². The quantitative estimate of drug-likeness (QED) is 0.582. The zero-order valence-corrected chi connectivity index (χ0v) is 12.7. The van der Waals surface area contributed by atoms with Gasteiger partial charge in [-0.15, -0.1) is 11.3 Å². The molecule has 4 aromatic heterocycles. The number of aromatic amines is 1. The Kier molecular flexibility index (Phi) is 2.95. The monoisotopic (exact) mass is 326 g/mol. The van der Waals surface area contributed by atoms with Crippen LogP contribution in [0.1, 0.15) is 16.1 Å². The number of aromatic nitrogens is 5. The zero-order valence-electron chi connectivity index (χ0n) is 11.9. The molecule has 0 unspecified atom stereocenters. The molecule has 8 nitrogen and oxygen atoms in total. The number of thiazole rings is 1. The molecular weight excluding hydrogens is 316 g/mol. The van der Waals surface area contributed by atoms with E-state index in [4.69, 9.17) is 0 Å². The topological polar surface area (TPSA) is 105 Å². The number of nitrogens with one attached hydrogen (secondary N) is 2. The molecule has 0 bridgehead atoms. The second kappa shape index (κ2) is 4.99. The first-order valence-electron chi connectivity index (χ1n) is 6.70. The molecule has 4 heterocycles. The van der Waals surface area contributed by atoms with Crippen molar-refractivity contribution in [3.63, 3.8) is 0 Å². The maximum atomic E-state index is 12.3. The number of carbonyl (C=O) groups is 1. The van der Waals surface area contributed by atoms with E-state index in [9.17, 15) is 9.59 Å². The molecular formula is C14H10N6O2S. The fraction of sp³-hybridized carbons (Fsp3) is 0.0714. The summed E-state index contributed by atoms with van der Waals surface area (Å²) < 4.78 is 1.35. The van der Waals surface area contributed by atoms with Crippen LogP contribution in [0.3, 0.4) is 0 Å². The van der Waals surface area contributed by atoms with Crippen molar-refractivity contribution in [3.05, 3.63) is 51.6 Å². The van der Waals surface area contributed by atoms with Gasteiger partial charge in [0, 0.05) is 28.9 Å². The zero-order chi connectivity index (χ0) is 16.0. The van der Waals surface area contributed by atoms with Gasteiger partial charge in [-0.05, 0) is 13.0 Å². The average Bonchev–Trinajstić information content (AvgIpc) is 3.15. The van der Waals surface area contributed by atoms with Gasteiger partial charge >= 0.3 is 0 Å². The third-order valence-electron chi connectivity index (χ3n) is 3.45. The minimum absolute atomic E-state index is 0.0232. The Morgan fingerprint density at radius 1 is 1.35 bits per heavy atom. The molecule has 0 fully saturated rings. The van der Waals surface area contributed by atoms with Gasteiger partial charge in [0.2, 0.25) is 0 Å². The average molecular weight is 326 g/mol. The molecule has 0 spiro atoms. The summed E-state index contributed by atoms with van der Waals surface area (Å²) in [5.74, 6) is -0.523. The first-order valence-corrected chi connectivity index (χ1v) is 7.58. The third-order valence-corrected chi connectivity index (χ3v) is 4.22. The van der Waals surface area contributed by atoms with Crippen LogP contribution in [0.25, 0.3) is 16.0 Å². The Labute approximate surface area is 132 Å². The maximum Gasteiger partial charge on any atom is 0.271 e. The highest BCUT2D eigenvalue weighted by Gasteiger charge is 2.15. The van der Waals surface area contributed by atoms with Gasteiger partial charge in [0.15, 0.2) is 10.6 Å². The van der Waals surface area contributed by atoms with Crippen molar-refractivity contribution in [1.82, 2.24) is 24.6 Å². The van der Waals surface area contributed by atoms with Crippen molar-refractivity contribution in [3.8, 4) is 0 Å². The summed E-state index contributed by atoms with van der Waals surface area (Å²) >= 11 is 1.33. The molecule has 0 radical (unpaired) electrons. The second-order valence-corrected chi connectivity index (χ2v) is 5.80. The Morgan fingerprint density at radius 2 is 2.22 bits per heavy atom. The second-order valence-electron chi connectivity index (χ2n) is 4.93. The smallest absolute Gasteiger partial charge is 0.271 e. The minimum atomic E-state index is -0.523. The molecule has 23 heavy (non-hydrogen) atoms. The SMILES string of the molecule is Cc1[nH]nc2ncc(NC(=O)c3cnc4sccn4c3=O)cc12. The van der Waals surface area contributed by atoms with Gasteiger partial charge in [-0.1, -0.05) is 0 Å². The van der Waals surface area contributed by atoms with Crippen LogP contribution in [0.5, 0.6) is 0 Å². The number of aryl methyl sites for hydroxylation is 1. The van der Waals surface area contributed by atoms with Crippen LogP contribution < -0.4 is 10.9 Å². The lowest BCUT2D eigenvalue weighted by Crippen LogP contribution is -2.25. The van der Waals surface area contributed by atoms with E-state index in [1.54, 1.807) is 17.6 Å². The Hall–Kier alpha value is -3.07. The van der Waals surface area contributed by atoms with Crippen molar-refractivity contribution in [2.45, 2.75) is 6.92 Å². The number of amides is 1. The highest BCUT2D eigenvalue weighted by molar-refractivity contribution is 7.15. The first-order chi connectivity index (χ1) is 11.1. The van der Waals surface area contributed by atoms with E-state index >= 15 is 0 Å². The maximum absolute atomic E-state index is 12.3. The van der Waals surface area contributed by atoms with Crippen molar-refractivity contribution < 1.29 is 4.79 Å². The highest BCUT2D eigenvalue weighted by atomic mass is 32.1. The van der Waals surface area contributed by atoms with Crippen LogP contribution in [0.4, 0.5) is 5.69 Å². The fourth-order valence-electron chi connectivity index (χ4n) is 2.27. The molecule has 0 aliphatic rings. The van der Waals surface area contributed by atoms with Crippen molar-refractivity contribution >= 4 is 38.9 Å². The predicted molar refractivity (Wildman–Crippen MR) is 85.9 cm³/mol. The molecule has 0 aliphatic heterocycles. The summed E-state index contributed by atoms with van der Waals surface area (Å²) in [4.78, 5) is 33.4. The molecule has 0 saturated heterocycles. The van der Waals surface area contributed by atoms with E-state index in [-0.39, 0.29) is 5.56 Å². The molecule has 114 valence electrons. The highest BCUT2D eigenvalue weighted by Crippen LogP contribution is 2.18. The number of H-pyrrole nitrogens is 1. The summed E-state index contributed by atoms with van der Waals surface area (Å²) in [5, 5.41) is 12.1. The molecule has 9 heteroatoms. The van der Waals surface area contributed by atoms with Crippen molar-refractivity contribution in [2.75, 3.05) is 5.32 Å². The number of hydrogen-bond acceptors (Lipinski definition) is 6. The summed E-state index contributed by atoms with van der Waals surface area (Å²) in [6, 6.07) is 1.76. The van der Waals surface area contributed by atoms with Gasteiger partial charge in [-0.3, -0.25) is 19.1 Å². The van der Waals surface area contributed by atoms with E-state index in [2.05, 4.69) is 25.5 Å². The van der Waals surface area contributed by atoms with Gasteiger partial charge < -0.3 is 5.32 Å². The third kappa shape index (κ3) is 2.18. The van der Waals surface area contributed by atoms with Crippen LogP contribution in [-0.2, 0) is 0 Å². The van der Waals surface area contributed by atoms with Crippen LogP contribution in [0.15, 0.2) is 34.8 Å². The number of carbonyl (C=O) groups excluding carboxylic acids is 1. The lowest BCUT2D eigenvalue weighted by molar-refractivity contribution is 0.102. The molecule has 0 aromatic carbocycles. The number of anilines is 1. The first kappa shape index (κ1) is 13.6. The van der Waals surface area contributed by atoms with Gasteiger partial charge in [0.1, 0.15) is 5.56 Å². The van der Waals surface area contributed by atoms with Gasteiger partial charge in [0.05, 0.1) is 11.9 Å². The van der Waals surface area contributed by atoms with E-state index in [0.29, 0.717) is 16.3 Å². The Bertz CT molecular complexity index is 1110. The molecule has 0 atom stereocenters. The normalized spacial score (nSPS) is 11.2. The number of nitrogens with zero attached hydrogens (tertiary/aromatic N) is 4. The summed E-state index contributed by atoms with van der Waals surface area (Å²) in [7, 11) is 0. The van der Waals surface area contributed by atoms with Crippen LogP contribution in [-0.4, -0.2) is 30.5 Å². The van der Waals surface area contributed by atoms with Gasteiger partial charge in [0.25, 0.3) is 11.5 Å². The fourth-order valence-corrected chi connectivity index (χ4v) is 2.94. The predicted octanol–water partition coefficient (Wildman–Crippen LogP) is 1.59. The van der Waals surface area contributed by atoms with E-state index < -0.39 is 11.5 Å². The summed E-state index contributed by atoms with van der Waals surface area (Å²) in [6.45, 7) is 1.86. The summed E-state index contributed by atoms with van der Waals surface area (Å²) in [6.07, 6.45) is 4.38. The standard InChI is InChI=1S/C14H10N6O2S/c1-7-9-4-8(5-15-11(9)19-18-7)17-12(21)10-6-16-14-20(13(10)22)2-3-23-14/h2-6H,1H3,(H,17,21)(H,15,18,19). The van der Waals surface area contributed by atoms with Crippen LogP contribution in [0, 0.1) is 6.92 Å². The number of hydrogen-bond donors (Lipinski definition) is 2. The minimum Gasteiger partial charge on any atom is -0.320 e. The molecule has 4 rings (SSSR count). The largest absolute Gasteiger partial charge is 0.320 e. The lowest BCUT2D eigenvalue weighted by atomic mass is 10.2. The molecule has 2 N–H and O–H groups in total. The lowest BCUT2D eigenvalue weighted by Gasteiger charge is -2.04. The number of fused-ring (bicyclic) bond motifs is 2. The Morgan fingerprint density at radius 3 is 3.09 bits per heavy atom. The van der Waals surface area contributed by atoms with E-state index in [1.165, 1.54) is 28.1 Å². The number of rotatable bonds is 2. The van der Waals surface area contributed by atoms with E-state index in [0.717, 1.165) is 11.1 Å². The Balaban J connectivity index is 1.71. The van der Waals surface area contributed by atoms with Gasteiger partial charge in [-0.2, -0.15) is 5.10 Å². The van der Waals surface area contributed by atoms with Gasteiger partial charge in [-0.25, -0.2) is 9.97 Å². The van der Waals surface area contributed by atoms with E-state index in [1.807, 2.05) is 6.92 Å². The summed E-state index contributed by atoms with van der Waals surface area (Å²) in [5.41, 5.74) is 1.49. The van der Waals surface area contributed by atoms with Crippen molar-refractivity contribution in [2.24, 2.45) is 0 Å².